The van der Waals surface area contributed by atoms with Gasteiger partial charge in [-0.3, -0.25) is 14.8 Å². The second kappa shape index (κ2) is 8.51. The molecule has 0 saturated heterocycles. The predicted molar refractivity (Wildman–Crippen MR) is 123 cm³/mol. The van der Waals surface area contributed by atoms with Crippen LogP contribution in [-0.2, 0) is 10.0 Å². The fourth-order valence-corrected chi connectivity index (χ4v) is 5.03. The van der Waals surface area contributed by atoms with Gasteiger partial charge >= 0.3 is 0 Å². The third-order valence-corrected chi connectivity index (χ3v) is 6.94. The SMILES string of the molecule is Cc1ncc(C#N)cc1S(=O)(=O)Nc1ccc(F)c(-c2ccc3c(-c4ncc[nH]4)[nH]nc3c2F)c1F. The molecule has 0 amide bonds. The van der Waals surface area contributed by atoms with Gasteiger partial charge in [-0.25, -0.2) is 26.6 Å². The van der Waals surface area contributed by atoms with Gasteiger partial charge in [0.05, 0.1) is 22.5 Å². The molecule has 0 radical (unpaired) electrons. The molecule has 0 spiro atoms. The van der Waals surface area contributed by atoms with E-state index < -0.39 is 44.3 Å². The van der Waals surface area contributed by atoms with Crippen molar-refractivity contribution in [2.45, 2.75) is 11.8 Å². The molecule has 0 unspecified atom stereocenters. The molecule has 0 atom stereocenters. The summed E-state index contributed by atoms with van der Waals surface area (Å²) in [5.41, 5.74) is -1.62. The van der Waals surface area contributed by atoms with Crippen LogP contribution in [0.2, 0.25) is 0 Å². The number of sulfonamides is 1. The number of pyridine rings is 1. The molecule has 0 aliphatic heterocycles. The Morgan fingerprint density at radius 1 is 1.08 bits per heavy atom. The van der Waals surface area contributed by atoms with Gasteiger partial charge in [-0.05, 0) is 31.2 Å². The van der Waals surface area contributed by atoms with Crippen molar-refractivity contribution >= 4 is 26.6 Å². The number of benzene rings is 2. The third kappa shape index (κ3) is 3.73. The molecule has 3 heterocycles. The van der Waals surface area contributed by atoms with Crippen molar-refractivity contribution in [3.05, 3.63) is 77.6 Å². The van der Waals surface area contributed by atoms with Gasteiger partial charge in [0, 0.05) is 29.5 Å². The summed E-state index contributed by atoms with van der Waals surface area (Å²) in [7, 11) is -4.43. The first kappa shape index (κ1) is 23.1. The predicted octanol–water partition coefficient (Wildman–Crippen LogP) is 4.41. The summed E-state index contributed by atoms with van der Waals surface area (Å²) in [6.45, 7) is 1.40. The molecule has 0 aliphatic carbocycles. The number of aromatic nitrogens is 5. The Kier molecular flexibility index (Phi) is 5.45. The number of anilines is 1. The number of rotatable bonds is 5. The molecule has 3 N–H and O–H groups in total. The normalized spacial score (nSPS) is 11.5. The zero-order valence-corrected chi connectivity index (χ0v) is 19.1. The van der Waals surface area contributed by atoms with E-state index in [9.17, 15) is 12.8 Å². The van der Waals surface area contributed by atoms with Crippen LogP contribution >= 0.6 is 0 Å². The molecule has 3 aromatic heterocycles. The summed E-state index contributed by atoms with van der Waals surface area (Å²) in [6, 6.07) is 7.14. The van der Waals surface area contributed by atoms with Crippen LogP contribution in [0.25, 0.3) is 33.5 Å². The van der Waals surface area contributed by atoms with E-state index in [0.717, 1.165) is 18.2 Å². The highest BCUT2D eigenvalue weighted by Crippen LogP contribution is 2.37. The van der Waals surface area contributed by atoms with E-state index in [1.165, 1.54) is 31.5 Å². The maximum Gasteiger partial charge on any atom is 0.263 e. The van der Waals surface area contributed by atoms with Crippen LogP contribution in [0, 0.1) is 35.7 Å². The number of nitrogens with zero attached hydrogens (tertiary/aromatic N) is 4. The zero-order valence-electron chi connectivity index (χ0n) is 18.3. The van der Waals surface area contributed by atoms with Crippen LogP contribution in [0.15, 0.2) is 53.8 Å². The number of aromatic amines is 2. The first-order chi connectivity index (χ1) is 17.2. The summed E-state index contributed by atoms with van der Waals surface area (Å²) in [6.07, 6.45) is 4.26. The summed E-state index contributed by atoms with van der Waals surface area (Å²) < 4.78 is 73.5. The second-order valence-corrected chi connectivity index (χ2v) is 9.32. The van der Waals surface area contributed by atoms with Gasteiger partial charge in [-0.1, -0.05) is 6.07 Å². The third-order valence-electron chi connectivity index (χ3n) is 5.46. The van der Waals surface area contributed by atoms with E-state index in [-0.39, 0.29) is 21.7 Å². The molecule has 180 valence electrons. The van der Waals surface area contributed by atoms with Gasteiger partial charge in [0.15, 0.2) is 17.5 Å². The molecule has 13 heteroatoms. The number of halogens is 3. The molecule has 2 aromatic carbocycles. The number of nitrogens with one attached hydrogen (secondary N) is 3. The van der Waals surface area contributed by atoms with Crippen LogP contribution in [0.1, 0.15) is 11.3 Å². The molecule has 9 nitrogen and oxygen atoms in total. The standard InChI is InChI=1S/C23H14F3N7O2S/c1-11-17(8-12(9-27)10-30-11)36(34,35)33-16-5-4-15(24)18(20(16)26)13-2-3-14-21(19(13)25)31-32-22(14)23-28-6-7-29-23/h2-8,10,33H,1H3,(H,28,29)(H,31,32). The van der Waals surface area contributed by atoms with E-state index in [2.05, 4.69) is 25.1 Å². The molecular formula is C23H14F3N7O2S. The number of imidazole rings is 1. The minimum atomic E-state index is -4.43. The van der Waals surface area contributed by atoms with Crippen LogP contribution in [-0.4, -0.2) is 33.6 Å². The minimum Gasteiger partial charge on any atom is -0.343 e. The lowest BCUT2D eigenvalue weighted by Crippen LogP contribution is -2.16. The number of hydrogen-bond donors (Lipinski definition) is 3. The summed E-state index contributed by atoms with van der Waals surface area (Å²) >= 11 is 0. The number of aryl methyl sites for hydroxylation is 1. The molecule has 5 rings (SSSR count). The average molecular weight is 509 g/mol. The Morgan fingerprint density at radius 3 is 2.61 bits per heavy atom. The highest BCUT2D eigenvalue weighted by Gasteiger charge is 2.26. The van der Waals surface area contributed by atoms with Crippen molar-refractivity contribution in [3.63, 3.8) is 0 Å². The Bertz CT molecular complexity index is 1790. The largest absolute Gasteiger partial charge is 0.343 e. The van der Waals surface area contributed by atoms with Gasteiger partial charge in [-0.2, -0.15) is 10.4 Å². The first-order valence-electron chi connectivity index (χ1n) is 10.3. The quantitative estimate of drug-likeness (QED) is 0.321. The number of fused-ring (bicyclic) bond motifs is 1. The molecule has 0 fully saturated rings. The number of nitriles is 1. The smallest absolute Gasteiger partial charge is 0.263 e. The van der Waals surface area contributed by atoms with Crippen LogP contribution in [0.3, 0.4) is 0 Å². The summed E-state index contributed by atoms with van der Waals surface area (Å²) in [5, 5.41) is 15.9. The van der Waals surface area contributed by atoms with E-state index in [1.807, 2.05) is 4.72 Å². The summed E-state index contributed by atoms with van der Waals surface area (Å²) in [4.78, 5) is 10.4. The van der Waals surface area contributed by atoms with Crippen molar-refractivity contribution in [2.24, 2.45) is 0 Å². The lowest BCUT2D eigenvalue weighted by molar-refractivity contribution is 0.582. The van der Waals surface area contributed by atoms with Crippen LogP contribution in [0.4, 0.5) is 18.9 Å². The van der Waals surface area contributed by atoms with Crippen LogP contribution in [0.5, 0.6) is 0 Å². The van der Waals surface area contributed by atoms with Gasteiger partial charge < -0.3 is 4.98 Å². The molecule has 0 bridgehead atoms. The fourth-order valence-electron chi connectivity index (χ4n) is 3.75. The first-order valence-corrected chi connectivity index (χ1v) is 11.7. The zero-order chi connectivity index (χ0) is 25.6. The Hall–Kier alpha value is -4.70. The second-order valence-electron chi connectivity index (χ2n) is 7.67. The molecular weight excluding hydrogens is 495 g/mol. The van der Waals surface area contributed by atoms with Gasteiger partial charge in [-0.15, -0.1) is 0 Å². The minimum absolute atomic E-state index is 0.0236. The number of H-pyrrole nitrogens is 2. The van der Waals surface area contributed by atoms with E-state index in [0.29, 0.717) is 16.9 Å². The molecule has 0 saturated carbocycles. The lowest BCUT2D eigenvalue weighted by atomic mass is 10.0. The topological polar surface area (TPSA) is 140 Å². The maximum atomic E-state index is 15.5. The maximum absolute atomic E-state index is 15.5. The Labute approximate surface area is 201 Å². The van der Waals surface area contributed by atoms with Gasteiger partial charge in [0.2, 0.25) is 0 Å². The van der Waals surface area contributed by atoms with E-state index >= 15 is 8.78 Å². The lowest BCUT2D eigenvalue weighted by Gasteiger charge is -2.14. The average Bonchev–Trinajstić information content (AvgIpc) is 3.53. The van der Waals surface area contributed by atoms with Crippen molar-refractivity contribution < 1.29 is 21.6 Å². The molecule has 36 heavy (non-hydrogen) atoms. The van der Waals surface area contributed by atoms with Crippen molar-refractivity contribution in [1.29, 1.82) is 5.26 Å². The summed E-state index contributed by atoms with van der Waals surface area (Å²) in [5.74, 6) is -3.06. The highest BCUT2D eigenvalue weighted by atomic mass is 32.2. The van der Waals surface area contributed by atoms with E-state index in [4.69, 9.17) is 5.26 Å². The van der Waals surface area contributed by atoms with Crippen molar-refractivity contribution in [3.8, 4) is 28.7 Å². The monoisotopic (exact) mass is 509 g/mol. The Morgan fingerprint density at radius 2 is 1.89 bits per heavy atom. The van der Waals surface area contributed by atoms with Gasteiger partial charge in [0.25, 0.3) is 10.0 Å². The van der Waals surface area contributed by atoms with Gasteiger partial charge in [0.1, 0.15) is 28.0 Å². The molecule has 0 aliphatic rings. The van der Waals surface area contributed by atoms with Crippen molar-refractivity contribution in [2.75, 3.05) is 4.72 Å². The van der Waals surface area contributed by atoms with Crippen LogP contribution < -0.4 is 4.72 Å². The molecule has 5 aromatic rings. The highest BCUT2D eigenvalue weighted by molar-refractivity contribution is 7.92. The Balaban J connectivity index is 1.60. The van der Waals surface area contributed by atoms with Crippen molar-refractivity contribution in [1.82, 2.24) is 25.1 Å². The fraction of sp³-hybridized carbons (Fsp3) is 0.0435. The number of hydrogen-bond acceptors (Lipinski definition) is 6. The van der Waals surface area contributed by atoms with E-state index in [1.54, 1.807) is 12.3 Å².